The van der Waals surface area contributed by atoms with Crippen LogP contribution in [0.25, 0.3) is 0 Å². The van der Waals surface area contributed by atoms with Crippen molar-refractivity contribution in [2.24, 2.45) is 11.8 Å². The minimum Gasteiger partial charge on any atom is -0.507 e. The maximum atomic E-state index is 13.6. The molecule has 2 aromatic carbocycles. The van der Waals surface area contributed by atoms with E-state index in [1.807, 2.05) is 37.3 Å². The number of ether oxygens (including phenoxy) is 1. The fraction of sp³-hybridized carbons (Fsp3) is 0.448. The molecule has 1 aliphatic rings. The summed E-state index contributed by atoms with van der Waals surface area (Å²) in [5.41, 5.74) is 0.752. The number of esters is 1. The van der Waals surface area contributed by atoms with Crippen LogP contribution < -0.4 is 16.0 Å². The Kier molecular flexibility index (Phi) is 10.1. The van der Waals surface area contributed by atoms with Gasteiger partial charge in [0, 0.05) is 0 Å². The van der Waals surface area contributed by atoms with E-state index in [2.05, 4.69) is 16.0 Å². The van der Waals surface area contributed by atoms with Crippen molar-refractivity contribution in [1.82, 2.24) is 16.0 Å². The zero-order chi connectivity index (χ0) is 28.7. The number of aromatic hydroxyl groups is 1. The van der Waals surface area contributed by atoms with Gasteiger partial charge in [-0.2, -0.15) is 0 Å². The number of aliphatic hydroxyl groups is 1. The number of amides is 3. The summed E-state index contributed by atoms with van der Waals surface area (Å²) >= 11 is 0. The fourth-order valence-electron chi connectivity index (χ4n) is 4.46. The van der Waals surface area contributed by atoms with Gasteiger partial charge in [-0.1, -0.05) is 69.7 Å². The molecule has 3 rings (SSSR count). The van der Waals surface area contributed by atoms with Gasteiger partial charge in [-0.05, 0) is 37.0 Å². The van der Waals surface area contributed by atoms with Crippen LogP contribution in [0.4, 0.5) is 0 Å². The van der Waals surface area contributed by atoms with E-state index in [0.29, 0.717) is 6.42 Å². The molecule has 5 N–H and O–H groups in total. The summed E-state index contributed by atoms with van der Waals surface area (Å²) in [6.45, 7) is 6.63. The third-order valence-corrected chi connectivity index (χ3v) is 7.22. The number of phenols is 1. The highest BCUT2D eigenvalue weighted by atomic mass is 16.5. The minimum absolute atomic E-state index is 0.0609. The van der Waals surface area contributed by atoms with Crippen LogP contribution in [0.2, 0.25) is 0 Å². The molecule has 10 nitrogen and oxygen atoms in total. The molecule has 210 valence electrons. The molecule has 2 aromatic rings. The molecule has 1 aliphatic heterocycles. The van der Waals surface area contributed by atoms with Crippen molar-refractivity contribution < 1.29 is 34.1 Å². The van der Waals surface area contributed by atoms with Crippen molar-refractivity contribution in [2.75, 3.05) is 0 Å². The van der Waals surface area contributed by atoms with Crippen LogP contribution in [0.1, 0.15) is 50.0 Å². The van der Waals surface area contributed by atoms with Crippen LogP contribution in [0.3, 0.4) is 0 Å². The summed E-state index contributed by atoms with van der Waals surface area (Å²) in [5, 5.41) is 29.4. The van der Waals surface area contributed by atoms with E-state index < -0.39 is 59.9 Å². The van der Waals surface area contributed by atoms with E-state index in [0.717, 1.165) is 5.56 Å². The predicted molar refractivity (Wildman–Crippen MR) is 144 cm³/mol. The number of hydrogen-bond acceptors (Lipinski definition) is 7. The highest BCUT2D eigenvalue weighted by Crippen LogP contribution is 2.20. The van der Waals surface area contributed by atoms with E-state index in [-0.39, 0.29) is 23.7 Å². The van der Waals surface area contributed by atoms with Crippen molar-refractivity contribution in [3.63, 3.8) is 0 Å². The van der Waals surface area contributed by atoms with Gasteiger partial charge in [-0.3, -0.25) is 14.4 Å². The Morgan fingerprint density at radius 1 is 1.00 bits per heavy atom. The largest absolute Gasteiger partial charge is 0.507 e. The van der Waals surface area contributed by atoms with Gasteiger partial charge in [0.15, 0.2) is 0 Å². The molecule has 0 spiro atoms. The van der Waals surface area contributed by atoms with Crippen molar-refractivity contribution in [3.8, 4) is 5.75 Å². The van der Waals surface area contributed by atoms with E-state index in [9.17, 15) is 29.4 Å². The molecule has 1 saturated heterocycles. The van der Waals surface area contributed by atoms with Crippen LogP contribution in [-0.2, 0) is 25.5 Å². The first-order valence-corrected chi connectivity index (χ1v) is 13.2. The lowest BCUT2D eigenvalue weighted by molar-refractivity contribution is -0.157. The summed E-state index contributed by atoms with van der Waals surface area (Å²) in [4.78, 5) is 52.9. The van der Waals surface area contributed by atoms with E-state index in [1.165, 1.54) is 26.0 Å². The van der Waals surface area contributed by atoms with Crippen LogP contribution in [0.5, 0.6) is 5.75 Å². The van der Waals surface area contributed by atoms with Crippen molar-refractivity contribution >= 4 is 23.7 Å². The number of cyclic esters (lactones) is 1. The smallest absolute Gasteiger partial charge is 0.329 e. The molecule has 0 radical (unpaired) electrons. The summed E-state index contributed by atoms with van der Waals surface area (Å²) in [6.07, 6.45) is -1.71. The third kappa shape index (κ3) is 7.35. The molecule has 0 aliphatic carbocycles. The molecule has 39 heavy (non-hydrogen) atoms. The van der Waals surface area contributed by atoms with Crippen LogP contribution >= 0.6 is 0 Å². The second kappa shape index (κ2) is 13.2. The third-order valence-electron chi connectivity index (χ3n) is 7.22. The molecule has 0 bridgehead atoms. The number of carbonyl (C=O) groups excluding carboxylic acids is 4. The Morgan fingerprint density at radius 3 is 2.28 bits per heavy atom. The second-order valence-corrected chi connectivity index (χ2v) is 10.1. The van der Waals surface area contributed by atoms with Crippen molar-refractivity contribution in [2.45, 2.75) is 70.9 Å². The Balaban J connectivity index is 2.00. The maximum absolute atomic E-state index is 13.6. The monoisotopic (exact) mass is 539 g/mol. The topological polar surface area (TPSA) is 154 Å². The standard InChI is InChI=1S/C29H37N3O7/c1-5-16(2)23-29(38)39-18(4)24(32-27(36)20-13-9-10-14-22(20)33)28(37)30-21(15-19-11-7-6-8-12-19)25(34)17(3)26(35)31-23/h6-14,16-18,21,23-25,33-34H,5,15H2,1-4H3,(H,30,37)(H,31,35)(H,32,36). The fourth-order valence-corrected chi connectivity index (χ4v) is 4.46. The van der Waals surface area contributed by atoms with Crippen molar-refractivity contribution in [3.05, 3.63) is 65.7 Å². The minimum atomic E-state index is -1.37. The van der Waals surface area contributed by atoms with Crippen molar-refractivity contribution in [1.29, 1.82) is 0 Å². The lowest BCUT2D eigenvalue weighted by Crippen LogP contribution is -2.61. The number of phenolic OH excluding ortho intramolecular Hbond substituents is 1. The molecule has 3 amide bonds. The first-order chi connectivity index (χ1) is 18.5. The lowest BCUT2D eigenvalue weighted by atomic mass is 9.90. The molecule has 1 heterocycles. The van der Waals surface area contributed by atoms with E-state index in [1.54, 1.807) is 19.1 Å². The van der Waals surface area contributed by atoms with Gasteiger partial charge < -0.3 is 30.9 Å². The zero-order valence-corrected chi connectivity index (χ0v) is 22.6. The van der Waals surface area contributed by atoms with Gasteiger partial charge in [0.05, 0.1) is 23.6 Å². The van der Waals surface area contributed by atoms with Crippen LogP contribution in [0, 0.1) is 11.8 Å². The molecular weight excluding hydrogens is 502 g/mol. The van der Waals surface area contributed by atoms with Gasteiger partial charge in [0.2, 0.25) is 11.8 Å². The highest BCUT2D eigenvalue weighted by molar-refractivity contribution is 6.00. The number of benzene rings is 2. The number of hydrogen-bond donors (Lipinski definition) is 5. The van der Waals surface area contributed by atoms with E-state index in [4.69, 9.17) is 4.74 Å². The number of para-hydroxylation sites is 1. The molecule has 10 heteroatoms. The number of rotatable bonds is 6. The van der Waals surface area contributed by atoms with Gasteiger partial charge in [-0.15, -0.1) is 0 Å². The average molecular weight is 540 g/mol. The van der Waals surface area contributed by atoms with Gasteiger partial charge in [0.1, 0.15) is 23.9 Å². The quantitative estimate of drug-likeness (QED) is 0.350. The molecule has 7 atom stereocenters. The van der Waals surface area contributed by atoms with Crippen LogP contribution in [0.15, 0.2) is 54.6 Å². The van der Waals surface area contributed by atoms with Gasteiger partial charge in [0.25, 0.3) is 5.91 Å². The average Bonchev–Trinajstić information content (AvgIpc) is 2.92. The second-order valence-electron chi connectivity index (χ2n) is 10.1. The Hall–Kier alpha value is -3.92. The van der Waals surface area contributed by atoms with Gasteiger partial charge >= 0.3 is 5.97 Å². The van der Waals surface area contributed by atoms with Crippen LogP contribution in [-0.4, -0.2) is 64.2 Å². The molecule has 1 fully saturated rings. The highest BCUT2D eigenvalue weighted by Gasteiger charge is 2.40. The predicted octanol–water partition coefficient (Wildman–Crippen LogP) is 1.69. The summed E-state index contributed by atoms with van der Waals surface area (Å²) in [6, 6.07) is 11.7. The summed E-state index contributed by atoms with van der Waals surface area (Å²) in [7, 11) is 0. The molecular formula is C29H37N3O7. The number of aliphatic hydroxyl groups excluding tert-OH is 1. The lowest BCUT2D eigenvalue weighted by Gasteiger charge is -2.34. The normalized spacial score (nSPS) is 27.2. The Labute approximate surface area is 228 Å². The van der Waals surface area contributed by atoms with Gasteiger partial charge in [-0.25, -0.2) is 4.79 Å². The molecule has 0 aromatic heterocycles. The Bertz CT molecular complexity index is 1170. The summed E-state index contributed by atoms with van der Waals surface area (Å²) < 4.78 is 5.62. The summed E-state index contributed by atoms with van der Waals surface area (Å²) in [5.74, 6) is -4.33. The first kappa shape index (κ1) is 29.6. The molecule has 0 saturated carbocycles. The van der Waals surface area contributed by atoms with E-state index >= 15 is 0 Å². The first-order valence-electron chi connectivity index (χ1n) is 13.2. The number of carbonyl (C=O) groups is 4. The Morgan fingerprint density at radius 2 is 1.64 bits per heavy atom. The SMILES string of the molecule is CCC(C)C1NC(=O)C(C)C(O)C(Cc2ccccc2)NC(=O)C(NC(=O)c2ccccc2O)C(C)OC1=O. The molecule has 7 unspecified atom stereocenters. The maximum Gasteiger partial charge on any atom is 0.329 e. The number of nitrogens with one attached hydrogen (secondary N) is 3. The zero-order valence-electron chi connectivity index (χ0n) is 22.6.